The number of carbonyl (C=O) groups is 3. The van der Waals surface area contributed by atoms with Gasteiger partial charge in [-0.1, -0.05) is 18.2 Å². The fraction of sp³-hybridized carbons (Fsp3) is 0.381. The average Bonchev–Trinajstić information content (AvgIpc) is 3.36. The molecule has 2 aromatic rings. The minimum absolute atomic E-state index is 0.156. The van der Waals surface area contributed by atoms with E-state index in [2.05, 4.69) is 10.6 Å². The smallest absolute Gasteiger partial charge is 0.226 e. The summed E-state index contributed by atoms with van der Waals surface area (Å²) in [7, 11) is 0. The molecule has 6 nitrogen and oxygen atoms in total. The van der Waals surface area contributed by atoms with Gasteiger partial charge < -0.3 is 15.5 Å². The predicted molar refractivity (Wildman–Crippen MR) is 110 cm³/mol. The lowest BCUT2D eigenvalue weighted by Gasteiger charge is -2.17. The summed E-state index contributed by atoms with van der Waals surface area (Å²) in [5.74, 6) is -0.186. The van der Waals surface area contributed by atoms with Crippen LogP contribution in [0, 0.1) is 0 Å². The van der Waals surface area contributed by atoms with Crippen molar-refractivity contribution in [2.24, 2.45) is 0 Å². The maximum Gasteiger partial charge on any atom is 0.226 e. The molecule has 2 heterocycles. The summed E-state index contributed by atoms with van der Waals surface area (Å²) in [6.07, 6.45) is 2.72. The highest BCUT2D eigenvalue weighted by molar-refractivity contribution is 7.10. The molecule has 3 amide bonds. The van der Waals surface area contributed by atoms with Crippen molar-refractivity contribution in [3.63, 3.8) is 0 Å². The van der Waals surface area contributed by atoms with Gasteiger partial charge in [-0.15, -0.1) is 11.3 Å². The third kappa shape index (κ3) is 5.66. The molecule has 0 bridgehead atoms. The van der Waals surface area contributed by atoms with Crippen LogP contribution >= 0.6 is 11.3 Å². The topological polar surface area (TPSA) is 78.5 Å². The van der Waals surface area contributed by atoms with Gasteiger partial charge in [-0.05, 0) is 42.0 Å². The van der Waals surface area contributed by atoms with E-state index in [9.17, 15) is 14.4 Å². The number of likely N-dealkylation sites (tertiary alicyclic amines) is 1. The average molecular weight is 400 g/mol. The maximum atomic E-state index is 12.4. The highest BCUT2D eigenvalue weighted by Gasteiger charge is 2.19. The molecule has 0 saturated carbocycles. The van der Waals surface area contributed by atoms with Crippen LogP contribution in [0.3, 0.4) is 0 Å². The van der Waals surface area contributed by atoms with Crippen LogP contribution in [0.4, 0.5) is 5.69 Å². The molecule has 7 heteroatoms. The van der Waals surface area contributed by atoms with E-state index in [-0.39, 0.29) is 30.2 Å². The van der Waals surface area contributed by atoms with E-state index in [0.717, 1.165) is 36.4 Å². The molecule has 1 fully saturated rings. The van der Waals surface area contributed by atoms with E-state index in [4.69, 9.17) is 0 Å². The Morgan fingerprint density at radius 2 is 1.82 bits per heavy atom. The van der Waals surface area contributed by atoms with Crippen LogP contribution in [0.2, 0.25) is 0 Å². The molecule has 1 aliphatic rings. The molecule has 2 N–H and O–H groups in total. The molecule has 0 aliphatic carbocycles. The largest absolute Gasteiger partial charge is 0.348 e. The van der Waals surface area contributed by atoms with Crippen molar-refractivity contribution < 1.29 is 14.4 Å². The molecule has 1 saturated heterocycles. The lowest BCUT2D eigenvalue weighted by Crippen LogP contribution is -2.29. The number of nitrogens with one attached hydrogen (secondary N) is 2. The minimum Gasteiger partial charge on any atom is -0.348 e. The third-order valence-corrected chi connectivity index (χ3v) is 5.69. The quantitative estimate of drug-likeness (QED) is 0.751. The van der Waals surface area contributed by atoms with Crippen molar-refractivity contribution >= 4 is 34.7 Å². The van der Waals surface area contributed by atoms with Crippen LogP contribution in [0.5, 0.6) is 0 Å². The first-order valence-electron chi connectivity index (χ1n) is 9.48. The van der Waals surface area contributed by atoms with E-state index in [1.54, 1.807) is 0 Å². The first-order valence-corrected chi connectivity index (χ1v) is 10.4. The van der Waals surface area contributed by atoms with Gasteiger partial charge in [0, 0.05) is 30.6 Å². The third-order valence-electron chi connectivity index (χ3n) is 4.71. The van der Waals surface area contributed by atoms with E-state index >= 15 is 0 Å². The first-order chi connectivity index (χ1) is 13.5. The van der Waals surface area contributed by atoms with Crippen LogP contribution in [0.1, 0.15) is 42.7 Å². The summed E-state index contributed by atoms with van der Waals surface area (Å²) in [5.41, 5.74) is 1.61. The van der Waals surface area contributed by atoms with Crippen molar-refractivity contribution in [3.8, 4) is 0 Å². The Hall–Kier alpha value is -2.67. The van der Waals surface area contributed by atoms with Gasteiger partial charge in [0.1, 0.15) is 0 Å². The van der Waals surface area contributed by atoms with Gasteiger partial charge in [0.25, 0.3) is 0 Å². The van der Waals surface area contributed by atoms with E-state index in [0.29, 0.717) is 12.1 Å². The number of benzene rings is 1. The summed E-state index contributed by atoms with van der Waals surface area (Å²) in [6, 6.07) is 10.8. The van der Waals surface area contributed by atoms with Crippen LogP contribution in [0.25, 0.3) is 0 Å². The molecular weight excluding hydrogens is 374 g/mol. The second-order valence-corrected chi connectivity index (χ2v) is 7.96. The van der Waals surface area contributed by atoms with Crippen LogP contribution in [-0.4, -0.2) is 35.7 Å². The Bertz CT molecular complexity index is 812. The molecule has 0 spiro atoms. The lowest BCUT2D eigenvalue weighted by molar-refractivity contribution is -0.129. The maximum absolute atomic E-state index is 12.4. The highest BCUT2D eigenvalue weighted by Crippen LogP contribution is 2.23. The number of hydrogen-bond acceptors (Lipinski definition) is 4. The summed E-state index contributed by atoms with van der Waals surface area (Å²) in [6.45, 7) is 3.15. The van der Waals surface area contributed by atoms with Gasteiger partial charge >= 0.3 is 0 Å². The Balaban J connectivity index is 1.54. The number of amides is 3. The van der Waals surface area contributed by atoms with Crippen LogP contribution in [-0.2, 0) is 20.8 Å². The van der Waals surface area contributed by atoms with Gasteiger partial charge in [0.2, 0.25) is 17.7 Å². The van der Waals surface area contributed by atoms with E-state index in [1.807, 2.05) is 46.7 Å². The summed E-state index contributed by atoms with van der Waals surface area (Å²) < 4.78 is 0. The molecule has 148 valence electrons. The van der Waals surface area contributed by atoms with Crippen molar-refractivity contribution in [1.82, 2.24) is 10.2 Å². The molecule has 0 radical (unpaired) electrons. The molecule has 28 heavy (non-hydrogen) atoms. The summed E-state index contributed by atoms with van der Waals surface area (Å²) >= 11 is 1.51. The Morgan fingerprint density at radius 3 is 2.43 bits per heavy atom. The number of thiophene rings is 1. The first kappa shape index (κ1) is 20.1. The number of nitrogens with zero attached hydrogens (tertiary/aromatic N) is 1. The fourth-order valence-electron chi connectivity index (χ4n) is 3.31. The van der Waals surface area contributed by atoms with E-state index in [1.165, 1.54) is 18.3 Å². The van der Waals surface area contributed by atoms with Gasteiger partial charge in [-0.25, -0.2) is 0 Å². The van der Waals surface area contributed by atoms with Gasteiger partial charge in [0.15, 0.2) is 0 Å². The number of hydrogen-bond donors (Lipinski definition) is 2. The van der Waals surface area contributed by atoms with Crippen LogP contribution in [0.15, 0.2) is 41.8 Å². The minimum atomic E-state index is -0.338. The molecule has 3 rings (SSSR count). The number of carbonyl (C=O) groups excluding carboxylic acids is 3. The zero-order valence-electron chi connectivity index (χ0n) is 15.9. The zero-order valence-corrected chi connectivity index (χ0v) is 16.8. The number of rotatable bonds is 7. The fourth-order valence-corrected chi connectivity index (χ4v) is 4.09. The normalized spacial score (nSPS) is 14.5. The second kappa shape index (κ2) is 9.50. The zero-order chi connectivity index (χ0) is 19.9. The number of anilines is 1. The Morgan fingerprint density at radius 1 is 1.11 bits per heavy atom. The molecule has 1 aliphatic heterocycles. The van der Waals surface area contributed by atoms with E-state index < -0.39 is 0 Å². The van der Waals surface area contributed by atoms with Crippen molar-refractivity contribution in [2.75, 3.05) is 18.4 Å². The molecule has 1 aromatic heterocycles. The monoisotopic (exact) mass is 399 g/mol. The molecule has 1 atom stereocenters. The van der Waals surface area contributed by atoms with Gasteiger partial charge in [0.05, 0.1) is 18.9 Å². The lowest BCUT2D eigenvalue weighted by atomic mass is 10.1. The Kier molecular flexibility index (Phi) is 6.81. The van der Waals surface area contributed by atoms with Crippen molar-refractivity contribution in [2.45, 2.75) is 38.6 Å². The van der Waals surface area contributed by atoms with Gasteiger partial charge in [-0.3, -0.25) is 14.4 Å². The summed E-state index contributed by atoms with van der Waals surface area (Å²) in [5, 5.41) is 7.61. The second-order valence-electron chi connectivity index (χ2n) is 6.98. The SMILES string of the molecule is CC(=O)NC(CC(=O)Nc1ccc(CC(=O)N2CCCC2)cc1)c1cccs1. The standard InChI is InChI=1S/C21H25N3O3S/c1-15(25)22-18(19-5-4-12-28-19)14-20(26)23-17-8-6-16(7-9-17)13-21(27)24-10-2-3-11-24/h4-9,12,18H,2-3,10-11,13-14H2,1H3,(H,22,25)(H,23,26). The highest BCUT2D eigenvalue weighted by atomic mass is 32.1. The predicted octanol–water partition coefficient (Wildman–Crippen LogP) is 3.12. The molecule has 1 unspecified atom stereocenters. The van der Waals surface area contributed by atoms with Gasteiger partial charge in [-0.2, -0.15) is 0 Å². The summed E-state index contributed by atoms with van der Waals surface area (Å²) in [4.78, 5) is 38.9. The molecular formula is C21H25N3O3S. The van der Waals surface area contributed by atoms with Crippen molar-refractivity contribution in [3.05, 3.63) is 52.2 Å². The van der Waals surface area contributed by atoms with Crippen LogP contribution < -0.4 is 10.6 Å². The van der Waals surface area contributed by atoms with Crippen molar-refractivity contribution in [1.29, 1.82) is 0 Å². The Labute approximate surface area is 168 Å². The molecule has 1 aromatic carbocycles.